The van der Waals surface area contributed by atoms with Crippen LogP contribution in [0.25, 0.3) is 0 Å². The average Bonchev–Trinajstić information content (AvgIpc) is 2.94. The van der Waals surface area contributed by atoms with Crippen molar-refractivity contribution in [2.75, 3.05) is 16.4 Å². The van der Waals surface area contributed by atoms with Crippen molar-refractivity contribution in [3.8, 4) is 5.75 Å². The first-order valence-electron chi connectivity index (χ1n) is 13.5. The summed E-state index contributed by atoms with van der Waals surface area (Å²) in [5, 5.41) is 9.88. The van der Waals surface area contributed by atoms with Gasteiger partial charge in [-0.25, -0.2) is 0 Å². The van der Waals surface area contributed by atoms with Gasteiger partial charge in [0, 0.05) is 34.4 Å². The van der Waals surface area contributed by atoms with Crippen molar-refractivity contribution in [1.82, 2.24) is 0 Å². The molecule has 7 nitrogen and oxygen atoms in total. The van der Waals surface area contributed by atoms with Crippen molar-refractivity contribution >= 4 is 40.8 Å². The molecule has 3 aromatic rings. The van der Waals surface area contributed by atoms with Crippen molar-refractivity contribution in [1.29, 1.82) is 0 Å². The highest BCUT2D eigenvalue weighted by Gasteiger charge is 2.38. The molecule has 8 heteroatoms. The van der Waals surface area contributed by atoms with Gasteiger partial charge < -0.3 is 19.6 Å². The number of anilines is 2. The number of aliphatic carboxylic acids is 1. The van der Waals surface area contributed by atoms with Crippen molar-refractivity contribution < 1.29 is 24.2 Å². The number of para-hydroxylation sites is 1. The summed E-state index contributed by atoms with van der Waals surface area (Å²) < 4.78 is 5.74. The summed E-state index contributed by atoms with van der Waals surface area (Å²) in [7, 11) is 0. The number of benzene rings is 3. The van der Waals surface area contributed by atoms with Crippen LogP contribution in [0.2, 0.25) is 5.02 Å². The molecule has 4 rings (SSSR count). The molecule has 0 saturated heterocycles. The van der Waals surface area contributed by atoms with Gasteiger partial charge in [0.2, 0.25) is 5.91 Å². The molecule has 1 N–H and O–H groups in total. The number of nitrogens with zero attached hydrogens (tertiary/aromatic N) is 2. The third-order valence-electron chi connectivity index (χ3n) is 7.44. The van der Waals surface area contributed by atoms with Crippen LogP contribution in [-0.2, 0) is 9.59 Å². The Morgan fingerprint density at radius 3 is 2.30 bits per heavy atom. The molecular formula is C32H35ClN2O5. The van der Waals surface area contributed by atoms with Crippen LogP contribution in [0.4, 0.5) is 11.4 Å². The third-order valence-corrected chi connectivity index (χ3v) is 7.69. The number of carbonyl (C=O) groups is 3. The second kappa shape index (κ2) is 12.1. The van der Waals surface area contributed by atoms with Gasteiger partial charge in [-0.05, 0) is 93.8 Å². The number of fused-ring (bicyclic) bond motifs is 1. The van der Waals surface area contributed by atoms with Gasteiger partial charge in [0.25, 0.3) is 5.91 Å². The van der Waals surface area contributed by atoms with Crippen molar-refractivity contribution in [3.63, 3.8) is 0 Å². The second-order valence-corrected chi connectivity index (χ2v) is 11.2. The van der Waals surface area contributed by atoms with Crippen LogP contribution >= 0.6 is 11.6 Å². The van der Waals surface area contributed by atoms with Gasteiger partial charge in [-0.15, -0.1) is 0 Å². The summed E-state index contributed by atoms with van der Waals surface area (Å²) >= 11 is 6.12. The SMILES string of the molecule is CCC(=O)N(c1ccc(Cl)cc1)[C@@H]1C[C@H](C)N(C(=O)c2ccc(OCCC(C)(C)C(=O)O)cc2)c2ccccc21. The zero-order valence-electron chi connectivity index (χ0n) is 23.3. The predicted molar refractivity (Wildman–Crippen MR) is 157 cm³/mol. The van der Waals surface area contributed by atoms with Crippen LogP contribution in [-0.4, -0.2) is 35.5 Å². The molecule has 0 spiro atoms. The minimum absolute atomic E-state index is 0.00330. The maximum absolute atomic E-state index is 13.8. The van der Waals surface area contributed by atoms with Crippen LogP contribution in [0.5, 0.6) is 5.75 Å². The van der Waals surface area contributed by atoms with Crippen LogP contribution in [0, 0.1) is 5.41 Å². The molecule has 2 amide bonds. The number of ether oxygens (including phenoxy) is 1. The summed E-state index contributed by atoms with van der Waals surface area (Å²) in [6, 6.07) is 21.5. The van der Waals surface area contributed by atoms with E-state index in [9.17, 15) is 19.5 Å². The van der Waals surface area contributed by atoms with E-state index < -0.39 is 11.4 Å². The molecule has 210 valence electrons. The van der Waals surface area contributed by atoms with E-state index in [0.717, 1.165) is 16.9 Å². The van der Waals surface area contributed by atoms with Crippen LogP contribution in [0.15, 0.2) is 72.8 Å². The van der Waals surface area contributed by atoms with E-state index >= 15 is 0 Å². The van der Waals surface area contributed by atoms with Gasteiger partial charge in [-0.3, -0.25) is 14.4 Å². The fourth-order valence-corrected chi connectivity index (χ4v) is 5.10. The first-order valence-corrected chi connectivity index (χ1v) is 13.9. The maximum atomic E-state index is 13.8. The Kier molecular flexibility index (Phi) is 8.84. The third kappa shape index (κ3) is 6.15. The molecule has 0 bridgehead atoms. The highest BCUT2D eigenvalue weighted by Crippen LogP contribution is 2.43. The Labute approximate surface area is 240 Å². The van der Waals surface area contributed by atoms with Gasteiger partial charge in [-0.2, -0.15) is 0 Å². The summed E-state index contributed by atoms with van der Waals surface area (Å²) in [6.07, 6.45) is 1.28. The van der Waals surface area contributed by atoms with Crippen LogP contribution in [0.3, 0.4) is 0 Å². The lowest BCUT2D eigenvalue weighted by Gasteiger charge is -2.43. The standard InChI is InChI=1S/C32H35ClN2O5/c1-5-29(36)35(24-14-12-23(33)13-15-24)28-20-21(2)34(27-9-7-6-8-26(27)28)30(37)22-10-16-25(17-11-22)40-19-18-32(3,4)31(38)39/h6-17,21,28H,5,18-20H2,1-4H3,(H,38,39)/t21-,28+/m0/s1. The number of halogens is 1. The molecule has 0 saturated carbocycles. The Morgan fingerprint density at radius 1 is 1.02 bits per heavy atom. The normalized spacial score (nSPS) is 16.7. The zero-order chi connectivity index (χ0) is 29.0. The lowest BCUT2D eigenvalue weighted by Crippen LogP contribution is -2.47. The van der Waals surface area contributed by atoms with Gasteiger partial charge in [0.15, 0.2) is 0 Å². The maximum Gasteiger partial charge on any atom is 0.309 e. The quantitative estimate of drug-likeness (QED) is 0.299. The van der Waals surface area contributed by atoms with Gasteiger partial charge in [0.1, 0.15) is 5.75 Å². The minimum atomic E-state index is -0.879. The second-order valence-electron chi connectivity index (χ2n) is 10.7. The largest absolute Gasteiger partial charge is 0.494 e. The molecule has 1 aliphatic heterocycles. The molecule has 0 aromatic heterocycles. The minimum Gasteiger partial charge on any atom is -0.494 e. The molecule has 1 aliphatic rings. The summed E-state index contributed by atoms with van der Waals surface area (Å²) in [6.45, 7) is 7.43. The Balaban J connectivity index is 1.58. The van der Waals surface area contributed by atoms with E-state index in [1.54, 1.807) is 55.1 Å². The number of carboxylic acids is 1. The average molecular weight is 563 g/mol. The van der Waals surface area contributed by atoms with E-state index in [-0.39, 0.29) is 30.5 Å². The van der Waals surface area contributed by atoms with E-state index in [1.165, 1.54) is 0 Å². The highest BCUT2D eigenvalue weighted by atomic mass is 35.5. The molecule has 0 unspecified atom stereocenters. The van der Waals surface area contributed by atoms with Gasteiger partial charge in [-0.1, -0.05) is 36.7 Å². The Hall–Kier alpha value is -3.84. The fourth-order valence-electron chi connectivity index (χ4n) is 4.97. The van der Waals surface area contributed by atoms with Crippen LogP contribution in [0.1, 0.15) is 68.9 Å². The summed E-state index contributed by atoms with van der Waals surface area (Å²) in [4.78, 5) is 42.0. The molecular weight excluding hydrogens is 528 g/mol. The van der Waals surface area contributed by atoms with Crippen LogP contribution < -0.4 is 14.5 Å². The van der Waals surface area contributed by atoms with E-state index in [2.05, 4.69) is 0 Å². The Morgan fingerprint density at radius 2 is 1.68 bits per heavy atom. The van der Waals surface area contributed by atoms with Crippen molar-refractivity contribution in [3.05, 3.63) is 88.9 Å². The molecule has 0 fully saturated rings. The topological polar surface area (TPSA) is 87.2 Å². The smallest absolute Gasteiger partial charge is 0.309 e. The molecule has 1 heterocycles. The van der Waals surface area contributed by atoms with Gasteiger partial charge in [0.05, 0.1) is 18.1 Å². The summed E-state index contributed by atoms with van der Waals surface area (Å²) in [5.41, 5.74) is 2.08. The highest BCUT2D eigenvalue weighted by molar-refractivity contribution is 6.30. The first kappa shape index (κ1) is 29.2. The lowest BCUT2D eigenvalue weighted by atomic mass is 9.89. The van der Waals surface area contributed by atoms with E-state index in [1.807, 2.05) is 55.1 Å². The Bertz CT molecular complexity index is 1370. The molecule has 0 aliphatic carbocycles. The summed E-state index contributed by atoms with van der Waals surface area (Å²) in [5.74, 6) is -0.444. The lowest BCUT2D eigenvalue weighted by molar-refractivity contribution is -0.147. The van der Waals surface area contributed by atoms with E-state index in [4.69, 9.17) is 16.3 Å². The van der Waals surface area contributed by atoms with Gasteiger partial charge >= 0.3 is 5.97 Å². The van der Waals surface area contributed by atoms with E-state index in [0.29, 0.717) is 35.6 Å². The first-order chi connectivity index (χ1) is 19.0. The molecule has 2 atom stereocenters. The molecule has 0 radical (unpaired) electrons. The number of carbonyl (C=O) groups excluding carboxylic acids is 2. The zero-order valence-corrected chi connectivity index (χ0v) is 24.0. The number of hydrogen-bond acceptors (Lipinski definition) is 4. The number of rotatable bonds is 9. The number of amides is 2. The molecule has 40 heavy (non-hydrogen) atoms. The van der Waals surface area contributed by atoms with Crippen molar-refractivity contribution in [2.45, 2.75) is 59.0 Å². The number of carboxylic acid groups (broad SMARTS) is 1. The molecule has 3 aromatic carbocycles. The monoisotopic (exact) mass is 562 g/mol. The van der Waals surface area contributed by atoms with Crippen molar-refractivity contribution in [2.24, 2.45) is 5.41 Å². The number of hydrogen-bond donors (Lipinski definition) is 1. The fraction of sp³-hybridized carbons (Fsp3) is 0.344. The predicted octanol–water partition coefficient (Wildman–Crippen LogP) is 7.14.